The van der Waals surface area contributed by atoms with Gasteiger partial charge in [-0.2, -0.15) is 5.10 Å². The van der Waals surface area contributed by atoms with Crippen molar-refractivity contribution in [2.24, 2.45) is 11.7 Å². The molecule has 1 aliphatic heterocycles. The molecule has 36 heavy (non-hydrogen) atoms. The van der Waals surface area contributed by atoms with Gasteiger partial charge in [-0.25, -0.2) is 4.98 Å². The summed E-state index contributed by atoms with van der Waals surface area (Å²) >= 11 is 1.70. The quantitative estimate of drug-likeness (QED) is 0.336. The number of thiazole rings is 1. The third-order valence-corrected chi connectivity index (χ3v) is 8.66. The molecule has 1 unspecified atom stereocenters. The number of aromatic nitrogens is 4. The monoisotopic (exact) mass is 504 g/mol. The van der Waals surface area contributed by atoms with Crippen molar-refractivity contribution in [2.75, 3.05) is 31.6 Å². The summed E-state index contributed by atoms with van der Waals surface area (Å²) in [5, 5.41) is 9.22. The fraction of sp³-hybridized carbons (Fsp3) is 0.464. The van der Waals surface area contributed by atoms with Crippen LogP contribution in [0.4, 0.5) is 5.69 Å². The lowest BCUT2D eigenvalue weighted by molar-refractivity contribution is 0.325. The minimum Gasteiger partial charge on any atom is -0.497 e. The van der Waals surface area contributed by atoms with Crippen LogP contribution in [0.2, 0.25) is 0 Å². The normalized spacial score (nSPS) is 16.8. The molecule has 190 valence electrons. The fourth-order valence-electron chi connectivity index (χ4n) is 4.80. The van der Waals surface area contributed by atoms with Gasteiger partial charge in [0.25, 0.3) is 0 Å². The van der Waals surface area contributed by atoms with E-state index in [0.29, 0.717) is 0 Å². The molecule has 0 radical (unpaired) electrons. The van der Waals surface area contributed by atoms with Gasteiger partial charge in [0, 0.05) is 52.8 Å². The lowest BCUT2D eigenvalue weighted by Crippen LogP contribution is -2.29. The Morgan fingerprint density at radius 2 is 1.92 bits per heavy atom. The number of hydrogen-bond acceptors (Lipinski definition) is 7. The van der Waals surface area contributed by atoms with Crippen molar-refractivity contribution in [2.45, 2.75) is 51.4 Å². The molecule has 2 fully saturated rings. The summed E-state index contributed by atoms with van der Waals surface area (Å²) in [5.41, 5.74) is 9.62. The number of H-pyrrole nitrogens is 1. The second-order valence-corrected chi connectivity index (χ2v) is 10.9. The van der Waals surface area contributed by atoms with E-state index in [1.54, 1.807) is 18.4 Å². The van der Waals surface area contributed by atoms with E-state index in [2.05, 4.69) is 34.2 Å². The Labute approximate surface area is 217 Å². The van der Waals surface area contributed by atoms with Crippen LogP contribution in [-0.2, 0) is 0 Å². The van der Waals surface area contributed by atoms with Crippen LogP contribution in [0, 0.1) is 5.92 Å². The van der Waals surface area contributed by atoms with Crippen LogP contribution in [0.3, 0.4) is 0 Å². The summed E-state index contributed by atoms with van der Waals surface area (Å²) in [4.78, 5) is 13.1. The molecule has 0 spiro atoms. The van der Waals surface area contributed by atoms with Crippen LogP contribution in [0.1, 0.15) is 61.9 Å². The second-order valence-electron chi connectivity index (χ2n) is 9.82. The Bertz CT molecular complexity index is 1250. The topological polar surface area (TPSA) is 93.0 Å². The van der Waals surface area contributed by atoms with E-state index in [9.17, 15) is 0 Å². The maximum atomic E-state index is 5.45. The number of nitrogens with zero attached hydrogens (tertiary/aromatic N) is 4. The zero-order valence-electron chi connectivity index (χ0n) is 21.2. The van der Waals surface area contributed by atoms with E-state index >= 15 is 0 Å². The number of anilines is 1. The van der Waals surface area contributed by atoms with E-state index in [4.69, 9.17) is 20.4 Å². The van der Waals surface area contributed by atoms with Crippen LogP contribution < -0.4 is 15.4 Å². The Hall–Kier alpha value is -2.97. The lowest BCUT2D eigenvalue weighted by atomic mass is 9.86. The molecule has 3 aromatic heterocycles. The molecule has 0 bridgehead atoms. The summed E-state index contributed by atoms with van der Waals surface area (Å²) < 4.78 is 5.45. The number of hydrogen-bond donors (Lipinski definition) is 2. The molecule has 1 atom stereocenters. The maximum absolute atomic E-state index is 5.45. The highest BCUT2D eigenvalue weighted by Gasteiger charge is 2.18. The molecule has 7 nitrogen and oxygen atoms in total. The number of rotatable bonds is 6. The van der Waals surface area contributed by atoms with Crippen molar-refractivity contribution in [1.82, 2.24) is 20.2 Å². The van der Waals surface area contributed by atoms with Gasteiger partial charge in [0.1, 0.15) is 10.8 Å². The zero-order valence-corrected chi connectivity index (χ0v) is 22.1. The molecule has 1 aromatic carbocycles. The summed E-state index contributed by atoms with van der Waals surface area (Å²) in [6.45, 7) is 5.38. The average Bonchev–Trinajstić information content (AvgIpc) is 3.58. The number of piperidine rings is 1. The first-order chi connectivity index (χ1) is 17.7. The SMILES string of the molecule is COc1cc(-c2ncc(C(C)c3ccc(N4CCCCC4)cn3)s2)c2cn[nH]c2c1.NCC1CCC1. The van der Waals surface area contributed by atoms with Crippen molar-refractivity contribution in [1.29, 1.82) is 0 Å². The third kappa shape index (κ3) is 5.39. The zero-order chi connectivity index (χ0) is 24.9. The molecule has 2 aliphatic rings. The number of methoxy groups -OCH3 is 1. The first-order valence-corrected chi connectivity index (χ1v) is 13.9. The third-order valence-electron chi connectivity index (χ3n) is 7.44. The van der Waals surface area contributed by atoms with Crippen molar-refractivity contribution >= 4 is 27.9 Å². The average molecular weight is 505 g/mol. The Morgan fingerprint density at radius 3 is 2.56 bits per heavy atom. The molecule has 4 heterocycles. The van der Waals surface area contributed by atoms with Crippen LogP contribution in [0.15, 0.2) is 42.9 Å². The van der Waals surface area contributed by atoms with Gasteiger partial charge >= 0.3 is 0 Å². The van der Waals surface area contributed by atoms with E-state index in [0.717, 1.165) is 58.5 Å². The highest BCUT2D eigenvalue weighted by atomic mass is 32.1. The summed E-state index contributed by atoms with van der Waals surface area (Å²) in [5.74, 6) is 1.88. The highest BCUT2D eigenvalue weighted by Crippen LogP contribution is 2.37. The number of nitrogens with two attached hydrogens (primary N) is 1. The molecule has 1 saturated heterocycles. The van der Waals surface area contributed by atoms with Crippen LogP contribution in [0.5, 0.6) is 5.75 Å². The van der Waals surface area contributed by atoms with Crippen molar-refractivity contribution < 1.29 is 4.74 Å². The summed E-state index contributed by atoms with van der Waals surface area (Å²) in [6, 6.07) is 8.35. The Kier molecular flexibility index (Phi) is 7.82. The minimum atomic E-state index is 0.192. The molecular formula is C28H36N6OS. The van der Waals surface area contributed by atoms with Gasteiger partial charge in [0.2, 0.25) is 0 Å². The number of benzene rings is 1. The van der Waals surface area contributed by atoms with Gasteiger partial charge < -0.3 is 15.4 Å². The van der Waals surface area contributed by atoms with Gasteiger partial charge in [0.05, 0.1) is 30.7 Å². The van der Waals surface area contributed by atoms with Crippen molar-refractivity contribution in [3.8, 4) is 16.3 Å². The fourth-order valence-corrected chi connectivity index (χ4v) is 5.81. The maximum Gasteiger partial charge on any atom is 0.124 e. The molecule has 3 N–H and O–H groups in total. The predicted octanol–water partition coefficient (Wildman–Crippen LogP) is 5.98. The van der Waals surface area contributed by atoms with Gasteiger partial charge in [-0.05, 0) is 62.8 Å². The Balaban J connectivity index is 0.000000391. The van der Waals surface area contributed by atoms with Gasteiger partial charge in [-0.15, -0.1) is 11.3 Å². The largest absolute Gasteiger partial charge is 0.497 e. The lowest BCUT2D eigenvalue weighted by Gasteiger charge is -2.28. The first kappa shape index (κ1) is 24.7. The first-order valence-electron chi connectivity index (χ1n) is 13.0. The second kappa shape index (κ2) is 11.4. The summed E-state index contributed by atoms with van der Waals surface area (Å²) in [6.07, 6.45) is 13.9. The van der Waals surface area contributed by atoms with Crippen LogP contribution in [-0.4, -0.2) is 46.9 Å². The van der Waals surface area contributed by atoms with Gasteiger partial charge in [0.15, 0.2) is 0 Å². The van der Waals surface area contributed by atoms with E-state index in [1.807, 2.05) is 30.7 Å². The van der Waals surface area contributed by atoms with Crippen molar-refractivity contribution in [3.05, 3.63) is 53.4 Å². The molecular weight excluding hydrogens is 468 g/mol. The highest BCUT2D eigenvalue weighted by molar-refractivity contribution is 7.15. The molecule has 0 amide bonds. The Morgan fingerprint density at radius 1 is 1.08 bits per heavy atom. The number of nitrogens with one attached hydrogen (secondary N) is 1. The number of ether oxygens (including phenoxy) is 1. The minimum absolute atomic E-state index is 0.192. The van der Waals surface area contributed by atoms with E-state index < -0.39 is 0 Å². The number of aromatic amines is 1. The number of pyridine rings is 1. The number of fused-ring (bicyclic) bond motifs is 1. The molecule has 4 aromatic rings. The molecule has 1 aliphatic carbocycles. The standard InChI is InChI=1S/C23H25N5OS.C5H11N/c1-15(20-7-6-16(12-24-20)28-8-4-3-5-9-28)22-14-25-23(30-22)18-10-17(29-2)11-21-19(18)13-26-27-21;6-4-5-2-1-3-5/h6-7,10-15H,3-5,8-9H2,1-2H3,(H,26,27);5H,1-4,6H2. The van der Waals surface area contributed by atoms with E-state index in [1.165, 1.54) is 49.1 Å². The van der Waals surface area contributed by atoms with Gasteiger partial charge in [-0.3, -0.25) is 10.1 Å². The molecule has 8 heteroatoms. The predicted molar refractivity (Wildman–Crippen MR) is 148 cm³/mol. The van der Waals surface area contributed by atoms with Gasteiger partial charge in [-0.1, -0.05) is 13.3 Å². The smallest absolute Gasteiger partial charge is 0.124 e. The van der Waals surface area contributed by atoms with E-state index in [-0.39, 0.29) is 5.92 Å². The van der Waals surface area contributed by atoms with Crippen LogP contribution >= 0.6 is 11.3 Å². The molecule has 6 rings (SSSR count). The van der Waals surface area contributed by atoms with Crippen LogP contribution in [0.25, 0.3) is 21.5 Å². The summed E-state index contributed by atoms with van der Waals surface area (Å²) in [7, 11) is 1.68. The molecule has 1 saturated carbocycles. The van der Waals surface area contributed by atoms with Crippen molar-refractivity contribution in [3.63, 3.8) is 0 Å².